The Bertz CT molecular complexity index is 674. The quantitative estimate of drug-likeness (QED) is 0.813. The molecular weight excluding hydrogens is 291 g/mol. The number of amides is 1. The summed E-state index contributed by atoms with van der Waals surface area (Å²) in [6, 6.07) is 16.3. The molecule has 2 aromatic carbocycles. The van der Waals surface area contributed by atoms with Crippen molar-refractivity contribution >= 4 is 17.7 Å². The van der Waals surface area contributed by atoms with Crippen molar-refractivity contribution in [3.8, 4) is 0 Å². The second-order valence-corrected chi connectivity index (χ2v) is 5.53. The number of rotatable bonds is 3. The summed E-state index contributed by atoms with van der Waals surface area (Å²) in [6.07, 6.45) is 3.47. The van der Waals surface area contributed by atoms with Crippen LogP contribution in [0.4, 0.5) is 10.1 Å². The molecule has 1 aliphatic rings. The first-order valence-electron chi connectivity index (χ1n) is 7.75. The zero-order chi connectivity index (χ0) is 16.1. The molecule has 1 saturated heterocycles. The van der Waals surface area contributed by atoms with Gasteiger partial charge in [0.05, 0.1) is 0 Å². The van der Waals surface area contributed by atoms with Crippen LogP contribution in [-0.2, 0) is 4.79 Å². The van der Waals surface area contributed by atoms with Gasteiger partial charge in [0.1, 0.15) is 5.82 Å². The molecule has 1 heterocycles. The number of nitrogens with zero attached hydrogens (tertiary/aromatic N) is 2. The third-order valence-electron chi connectivity index (χ3n) is 4.00. The highest BCUT2D eigenvalue weighted by Crippen LogP contribution is 2.17. The van der Waals surface area contributed by atoms with Gasteiger partial charge in [0, 0.05) is 37.9 Å². The third-order valence-corrected chi connectivity index (χ3v) is 4.00. The molecule has 3 rings (SSSR count). The largest absolute Gasteiger partial charge is 0.368 e. The van der Waals surface area contributed by atoms with E-state index in [-0.39, 0.29) is 11.7 Å². The second-order valence-electron chi connectivity index (χ2n) is 5.53. The lowest BCUT2D eigenvalue weighted by Gasteiger charge is -2.35. The van der Waals surface area contributed by atoms with Crippen molar-refractivity contribution in [1.82, 2.24) is 4.90 Å². The van der Waals surface area contributed by atoms with Gasteiger partial charge in [0.2, 0.25) is 5.91 Å². The molecule has 0 saturated carbocycles. The van der Waals surface area contributed by atoms with E-state index in [1.807, 2.05) is 41.3 Å². The van der Waals surface area contributed by atoms with Gasteiger partial charge in [-0.05, 0) is 35.9 Å². The Morgan fingerprint density at radius 1 is 0.913 bits per heavy atom. The number of halogens is 1. The predicted molar refractivity (Wildman–Crippen MR) is 90.7 cm³/mol. The molecular formula is C19H19FN2O. The zero-order valence-electron chi connectivity index (χ0n) is 12.9. The average Bonchev–Trinajstić information content (AvgIpc) is 2.61. The molecule has 0 aliphatic carbocycles. The predicted octanol–water partition coefficient (Wildman–Crippen LogP) is 3.19. The molecule has 2 aromatic rings. The number of hydrogen-bond donors (Lipinski definition) is 0. The van der Waals surface area contributed by atoms with Crippen molar-refractivity contribution in [3.05, 3.63) is 72.1 Å². The summed E-state index contributed by atoms with van der Waals surface area (Å²) in [5.41, 5.74) is 2.02. The SMILES string of the molecule is O=C(C=Cc1ccccc1)N1CCN(c2ccc(F)cc2)CC1. The van der Waals surface area contributed by atoms with Crippen LogP contribution in [0.2, 0.25) is 0 Å². The Kier molecular flexibility index (Phi) is 4.71. The van der Waals surface area contributed by atoms with Crippen LogP contribution in [0.5, 0.6) is 0 Å². The molecule has 1 amide bonds. The first kappa shape index (κ1) is 15.3. The van der Waals surface area contributed by atoms with Crippen LogP contribution in [0.15, 0.2) is 60.7 Å². The van der Waals surface area contributed by atoms with Crippen molar-refractivity contribution in [2.24, 2.45) is 0 Å². The summed E-state index contributed by atoms with van der Waals surface area (Å²) < 4.78 is 13.0. The van der Waals surface area contributed by atoms with E-state index in [4.69, 9.17) is 0 Å². The smallest absolute Gasteiger partial charge is 0.246 e. The molecule has 0 radical (unpaired) electrons. The first-order chi connectivity index (χ1) is 11.2. The molecule has 0 spiro atoms. The van der Waals surface area contributed by atoms with Gasteiger partial charge in [0.25, 0.3) is 0 Å². The Hall–Kier alpha value is -2.62. The average molecular weight is 310 g/mol. The van der Waals surface area contributed by atoms with Crippen molar-refractivity contribution in [3.63, 3.8) is 0 Å². The molecule has 0 N–H and O–H groups in total. The summed E-state index contributed by atoms with van der Waals surface area (Å²) >= 11 is 0. The normalized spacial score (nSPS) is 15.2. The van der Waals surface area contributed by atoms with Gasteiger partial charge in [-0.25, -0.2) is 4.39 Å². The molecule has 0 atom stereocenters. The minimum Gasteiger partial charge on any atom is -0.368 e. The maximum atomic E-state index is 13.0. The highest BCUT2D eigenvalue weighted by Gasteiger charge is 2.19. The molecule has 23 heavy (non-hydrogen) atoms. The van der Waals surface area contributed by atoms with E-state index in [0.717, 1.165) is 24.3 Å². The van der Waals surface area contributed by atoms with Gasteiger partial charge in [-0.2, -0.15) is 0 Å². The van der Waals surface area contributed by atoms with E-state index in [1.165, 1.54) is 12.1 Å². The minimum absolute atomic E-state index is 0.0348. The fraction of sp³-hybridized carbons (Fsp3) is 0.211. The molecule has 4 heteroatoms. The van der Waals surface area contributed by atoms with Crippen LogP contribution < -0.4 is 4.90 Å². The number of carbonyl (C=O) groups excluding carboxylic acids is 1. The number of carbonyl (C=O) groups is 1. The zero-order valence-corrected chi connectivity index (χ0v) is 12.9. The van der Waals surface area contributed by atoms with Crippen molar-refractivity contribution in [2.45, 2.75) is 0 Å². The Labute approximate surface area is 135 Å². The topological polar surface area (TPSA) is 23.6 Å². The number of hydrogen-bond acceptors (Lipinski definition) is 2. The van der Waals surface area contributed by atoms with Crippen LogP contribution in [-0.4, -0.2) is 37.0 Å². The minimum atomic E-state index is -0.228. The van der Waals surface area contributed by atoms with Gasteiger partial charge < -0.3 is 9.80 Å². The fourth-order valence-electron chi connectivity index (χ4n) is 2.67. The number of anilines is 1. The van der Waals surface area contributed by atoms with E-state index in [9.17, 15) is 9.18 Å². The van der Waals surface area contributed by atoms with E-state index in [0.29, 0.717) is 13.1 Å². The van der Waals surface area contributed by atoms with Gasteiger partial charge in [-0.15, -0.1) is 0 Å². The van der Waals surface area contributed by atoms with E-state index in [2.05, 4.69) is 4.90 Å². The van der Waals surface area contributed by atoms with Crippen LogP contribution in [0.3, 0.4) is 0 Å². The molecule has 0 unspecified atom stereocenters. The van der Waals surface area contributed by atoms with Crippen molar-refractivity contribution in [2.75, 3.05) is 31.1 Å². The van der Waals surface area contributed by atoms with Crippen LogP contribution >= 0.6 is 0 Å². The van der Waals surface area contributed by atoms with Crippen LogP contribution in [0.25, 0.3) is 6.08 Å². The Balaban J connectivity index is 1.55. The Morgan fingerprint density at radius 3 is 2.22 bits per heavy atom. The summed E-state index contributed by atoms with van der Waals surface area (Å²) in [4.78, 5) is 16.2. The lowest BCUT2D eigenvalue weighted by molar-refractivity contribution is -0.126. The van der Waals surface area contributed by atoms with Gasteiger partial charge >= 0.3 is 0 Å². The van der Waals surface area contributed by atoms with Crippen LogP contribution in [0, 0.1) is 5.82 Å². The third kappa shape index (κ3) is 3.97. The second kappa shape index (κ2) is 7.09. The highest BCUT2D eigenvalue weighted by molar-refractivity contribution is 5.91. The monoisotopic (exact) mass is 310 g/mol. The molecule has 0 bridgehead atoms. The summed E-state index contributed by atoms with van der Waals surface area (Å²) in [6.45, 7) is 2.87. The van der Waals surface area contributed by atoms with Crippen molar-refractivity contribution < 1.29 is 9.18 Å². The summed E-state index contributed by atoms with van der Waals surface area (Å²) in [5.74, 6) is -0.193. The van der Waals surface area contributed by atoms with E-state index in [1.54, 1.807) is 18.2 Å². The molecule has 118 valence electrons. The van der Waals surface area contributed by atoms with E-state index < -0.39 is 0 Å². The highest BCUT2D eigenvalue weighted by atomic mass is 19.1. The standard InChI is InChI=1S/C19H19FN2O/c20-17-7-9-18(10-8-17)21-12-14-22(15-13-21)19(23)11-6-16-4-2-1-3-5-16/h1-11H,12-15H2. The molecule has 3 nitrogen and oxygen atoms in total. The maximum Gasteiger partial charge on any atom is 0.246 e. The fourth-order valence-corrected chi connectivity index (χ4v) is 2.67. The lowest BCUT2D eigenvalue weighted by Crippen LogP contribution is -2.48. The number of piperazine rings is 1. The molecule has 0 aromatic heterocycles. The van der Waals surface area contributed by atoms with Gasteiger partial charge in [0.15, 0.2) is 0 Å². The maximum absolute atomic E-state index is 13.0. The van der Waals surface area contributed by atoms with E-state index >= 15 is 0 Å². The Morgan fingerprint density at radius 2 is 1.57 bits per heavy atom. The summed E-state index contributed by atoms with van der Waals surface area (Å²) in [5, 5.41) is 0. The van der Waals surface area contributed by atoms with Crippen LogP contribution in [0.1, 0.15) is 5.56 Å². The molecule has 1 aliphatic heterocycles. The van der Waals surface area contributed by atoms with Gasteiger partial charge in [-0.1, -0.05) is 30.3 Å². The summed E-state index contributed by atoms with van der Waals surface area (Å²) in [7, 11) is 0. The molecule has 1 fully saturated rings. The van der Waals surface area contributed by atoms with Gasteiger partial charge in [-0.3, -0.25) is 4.79 Å². The number of benzene rings is 2. The lowest BCUT2D eigenvalue weighted by atomic mass is 10.2. The first-order valence-corrected chi connectivity index (χ1v) is 7.75. The van der Waals surface area contributed by atoms with Crippen molar-refractivity contribution in [1.29, 1.82) is 0 Å².